The fourth-order valence-corrected chi connectivity index (χ4v) is 3.24. The molecule has 30 heavy (non-hydrogen) atoms. The predicted molar refractivity (Wildman–Crippen MR) is 125 cm³/mol. The number of nitrogens with zero attached hydrogens (tertiary/aromatic N) is 2. The molecule has 0 aliphatic carbocycles. The standard InChI is InChI=1S/C24H34N4O2.H2/c1-18-14-19(8-7-12-27-23(29)15-24(2,3)4)10-11-21(18)22(28-25)17-26-16-20-9-5-6-13-30-20;/h10-11,14,17,20H,5-6,9,12-13,15-16,25H2,1-4H3,(H,27,29);1H/b26-17?,28-22+;. The van der Waals surface area contributed by atoms with Gasteiger partial charge in [0.2, 0.25) is 5.91 Å². The molecule has 0 bridgehead atoms. The van der Waals surface area contributed by atoms with Crippen LogP contribution in [0, 0.1) is 24.2 Å². The molecule has 1 atom stereocenters. The van der Waals surface area contributed by atoms with Crippen molar-refractivity contribution in [2.75, 3.05) is 19.7 Å². The molecule has 1 aliphatic heterocycles. The molecule has 1 heterocycles. The lowest BCUT2D eigenvalue weighted by Gasteiger charge is -2.20. The van der Waals surface area contributed by atoms with Gasteiger partial charge in [0.25, 0.3) is 0 Å². The van der Waals surface area contributed by atoms with Crippen LogP contribution in [-0.2, 0) is 9.53 Å². The third-order valence-corrected chi connectivity index (χ3v) is 4.74. The first-order valence-corrected chi connectivity index (χ1v) is 10.5. The Labute approximate surface area is 181 Å². The fourth-order valence-electron chi connectivity index (χ4n) is 3.24. The number of ether oxygens (including phenoxy) is 1. The average molecular weight is 413 g/mol. The summed E-state index contributed by atoms with van der Waals surface area (Å²) in [6.07, 6.45) is 5.77. The van der Waals surface area contributed by atoms with Crippen LogP contribution in [0.2, 0.25) is 0 Å². The summed E-state index contributed by atoms with van der Waals surface area (Å²) >= 11 is 0. The zero-order chi connectivity index (χ0) is 22.0. The number of benzene rings is 1. The summed E-state index contributed by atoms with van der Waals surface area (Å²) in [5.74, 6) is 11.7. The number of hydrogen-bond donors (Lipinski definition) is 2. The van der Waals surface area contributed by atoms with Gasteiger partial charge in [0.15, 0.2) is 0 Å². The molecule has 164 valence electrons. The Morgan fingerprint density at radius 3 is 2.83 bits per heavy atom. The second-order valence-corrected chi connectivity index (χ2v) is 8.84. The van der Waals surface area contributed by atoms with E-state index in [0.29, 0.717) is 25.2 Å². The zero-order valence-electron chi connectivity index (χ0n) is 18.6. The Balaban J connectivity index is 0.00000480. The minimum Gasteiger partial charge on any atom is -0.376 e. The highest BCUT2D eigenvalue weighted by atomic mass is 16.5. The van der Waals surface area contributed by atoms with Crippen molar-refractivity contribution in [1.29, 1.82) is 0 Å². The van der Waals surface area contributed by atoms with E-state index >= 15 is 0 Å². The smallest absolute Gasteiger partial charge is 0.221 e. The highest BCUT2D eigenvalue weighted by Gasteiger charge is 2.15. The summed E-state index contributed by atoms with van der Waals surface area (Å²) in [6.45, 7) is 9.89. The van der Waals surface area contributed by atoms with Crippen LogP contribution in [0.4, 0.5) is 0 Å². The Morgan fingerprint density at radius 1 is 1.40 bits per heavy atom. The number of amides is 1. The molecule has 1 amide bonds. The summed E-state index contributed by atoms with van der Waals surface area (Å²) in [5, 5.41) is 6.74. The summed E-state index contributed by atoms with van der Waals surface area (Å²) < 4.78 is 5.70. The minimum absolute atomic E-state index is 0. The number of carbonyl (C=O) groups excluding carboxylic acids is 1. The van der Waals surface area contributed by atoms with Gasteiger partial charge in [0.1, 0.15) is 5.71 Å². The molecule has 6 heteroatoms. The molecule has 3 N–H and O–H groups in total. The lowest BCUT2D eigenvalue weighted by Crippen LogP contribution is -2.27. The van der Waals surface area contributed by atoms with Gasteiger partial charge in [-0.3, -0.25) is 9.79 Å². The van der Waals surface area contributed by atoms with Crippen molar-refractivity contribution in [3.8, 4) is 11.8 Å². The summed E-state index contributed by atoms with van der Waals surface area (Å²) in [6, 6.07) is 5.87. The third-order valence-electron chi connectivity index (χ3n) is 4.74. The van der Waals surface area contributed by atoms with Crippen LogP contribution in [0.5, 0.6) is 0 Å². The Kier molecular flexibility index (Phi) is 9.07. The maximum absolute atomic E-state index is 11.8. The monoisotopic (exact) mass is 412 g/mol. The van der Waals surface area contributed by atoms with Crippen LogP contribution in [0.3, 0.4) is 0 Å². The second-order valence-electron chi connectivity index (χ2n) is 8.84. The molecule has 1 aromatic rings. The third kappa shape index (κ3) is 8.38. The average Bonchev–Trinajstić information content (AvgIpc) is 2.69. The van der Waals surface area contributed by atoms with Crippen molar-refractivity contribution in [2.45, 2.75) is 59.5 Å². The number of aliphatic imine (C=N–C) groups is 1. The lowest BCUT2D eigenvalue weighted by atomic mass is 9.92. The van der Waals surface area contributed by atoms with Gasteiger partial charge in [0.05, 0.1) is 19.2 Å². The first-order chi connectivity index (χ1) is 14.3. The van der Waals surface area contributed by atoms with E-state index in [1.54, 1.807) is 6.21 Å². The van der Waals surface area contributed by atoms with Crippen LogP contribution in [0.25, 0.3) is 0 Å². The topological polar surface area (TPSA) is 89.1 Å². The zero-order valence-corrected chi connectivity index (χ0v) is 18.6. The molecule has 1 unspecified atom stereocenters. The molecule has 1 fully saturated rings. The van der Waals surface area contributed by atoms with Gasteiger partial charge in [-0.05, 0) is 49.3 Å². The van der Waals surface area contributed by atoms with Gasteiger partial charge in [-0.1, -0.05) is 38.7 Å². The number of carbonyl (C=O) groups is 1. The Hall–Kier alpha value is -2.65. The maximum atomic E-state index is 11.8. The normalized spacial score (nSPS) is 17.5. The van der Waals surface area contributed by atoms with E-state index in [4.69, 9.17) is 10.6 Å². The van der Waals surface area contributed by atoms with E-state index in [0.717, 1.165) is 36.1 Å². The predicted octanol–water partition coefficient (Wildman–Crippen LogP) is 3.45. The number of nitrogens with two attached hydrogens (primary N) is 1. The SMILES string of the molecule is Cc1cc(C#CCNC(=O)CC(C)(C)C)ccc1/C(C=NCC1CCCCO1)=N/N.[HH]. The van der Waals surface area contributed by atoms with Crippen LogP contribution >= 0.6 is 0 Å². The molecular formula is C24H36N4O2. The maximum Gasteiger partial charge on any atom is 0.221 e. The largest absolute Gasteiger partial charge is 0.376 e. The van der Waals surface area contributed by atoms with E-state index in [2.05, 4.69) is 27.3 Å². The fraction of sp³-hybridized carbons (Fsp3) is 0.542. The first kappa shape index (κ1) is 23.6. The van der Waals surface area contributed by atoms with Crippen LogP contribution in [0.15, 0.2) is 28.3 Å². The van der Waals surface area contributed by atoms with Crippen molar-refractivity contribution < 1.29 is 11.0 Å². The summed E-state index contributed by atoms with van der Waals surface area (Å²) in [7, 11) is 0. The molecule has 0 saturated carbocycles. The Morgan fingerprint density at radius 2 is 2.20 bits per heavy atom. The molecule has 6 nitrogen and oxygen atoms in total. The summed E-state index contributed by atoms with van der Waals surface area (Å²) in [4.78, 5) is 16.3. The molecular weight excluding hydrogens is 376 g/mol. The lowest BCUT2D eigenvalue weighted by molar-refractivity contribution is -0.122. The van der Waals surface area contributed by atoms with Gasteiger partial charge in [-0.15, -0.1) is 0 Å². The molecule has 1 aliphatic rings. The molecule has 0 radical (unpaired) electrons. The molecule has 1 saturated heterocycles. The number of aryl methyl sites for hydroxylation is 1. The van der Waals surface area contributed by atoms with Gasteiger partial charge >= 0.3 is 0 Å². The van der Waals surface area contributed by atoms with Crippen LogP contribution < -0.4 is 11.2 Å². The number of hydrazone groups is 1. The van der Waals surface area contributed by atoms with Crippen molar-refractivity contribution in [3.63, 3.8) is 0 Å². The highest BCUT2D eigenvalue weighted by molar-refractivity contribution is 6.38. The quantitative estimate of drug-likeness (QED) is 0.325. The number of rotatable bonds is 6. The second kappa shape index (κ2) is 11.5. The van der Waals surface area contributed by atoms with E-state index in [-0.39, 0.29) is 18.9 Å². The van der Waals surface area contributed by atoms with E-state index in [9.17, 15) is 4.79 Å². The van der Waals surface area contributed by atoms with Gasteiger partial charge < -0.3 is 15.9 Å². The van der Waals surface area contributed by atoms with Gasteiger partial charge in [0, 0.05) is 31.8 Å². The van der Waals surface area contributed by atoms with Crippen LogP contribution in [0.1, 0.15) is 64.6 Å². The van der Waals surface area contributed by atoms with Crippen LogP contribution in [-0.4, -0.2) is 43.6 Å². The summed E-state index contributed by atoms with van der Waals surface area (Å²) in [5.41, 5.74) is 3.43. The van der Waals surface area contributed by atoms with Crippen molar-refractivity contribution >= 4 is 17.8 Å². The number of nitrogens with one attached hydrogen (secondary N) is 1. The van der Waals surface area contributed by atoms with Crippen molar-refractivity contribution in [1.82, 2.24) is 5.32 Å². The van der Waals surface area contributed by atoms with Gasteiger partial charge in [-0.25, -0.2) is 0 Å². The van der Waals surface area contributed by atoms with E-state index in [1.807, 2.05) is 45.9 Å². The van der Waals surface area contributed by atoms with Crippen molar-refractivity contribution in [3.05, 3.63) is 34.9 Å². The molecule has 0 spiro atoms. The van der Waals surface area contributed by atoms with Gasteiger partial charge in [-0.2, -0.15) is 5.10 Å². The highest BCUT2D eigenvalue weighted by Crippen LogP contribution is 2.17. The Bertz CT molecular complexity index is 841. The first-order valence-electron chi connectivity index (χ1n) is 10.5. The minimum atomic E-state index is -0.0283. The van der Waals surface area contributed by atoms with E-state index in [1.165, 1.54) is 6.42 Å². The number of hydrogen-bond acceptors (Lipinski definition) is 5. The van der Waals surface area contributed by atoms with Crippen molar-refractivity contribution in [2.24, 2.45) is 21.4 Å². The molecule has 0 aromatic heterocycles. The molecule has 2 rings (SSSR count). The van der Waals surface area contributed by atoms with E-state index < -0.39 is 0 Å². The molecule has 1 aromatic carbocycles.